The molecule has 1 fully saturated rings. The van der Waals surface area contributed by atoms with Gasteiger partial charge in [-0.2, -0.15) is 4.31 Å². The number of hydrogen-bond donors (Lipinski definition) is 2. The number of amides is 2. The Kier molecular flexibility index (Phi) is 9.67. The van der Waals surface area contributed by atoms with Crippen LogP contribution in [0, 0.1) is 5.92 Å². The highest BCUT2D eigenvalue weighted by molar-refractivity contribution is 7.89. The number of pyridine rings is 1. The molecule has 2 aliphatic rings. The van der Waals surface area contributed by atoms with Crippen molar-refractivity contribution in [2.24, 2.45) is 5.92 Å². The molecule has 13 heteroatoms. The molecular weight excluding hydrogens is 588 g/mol. The van der Waals surface area contributed by atoms with Crippen molar-refractivity contribution in [1.29, 1.82) is 0 Å². The van der Waals surface area contributed by atoms with Crippen molar-refractivity contribution < 1.29 is 37.3 Å². The fourth-order valence-corrected chi connectivity index (χ4v) is 6.59. The van der Waals surface area contributed by atoms with Gasteiger partial charge in [0.25, 0.3) is 5.91 Å². The number of nitrogens with zero attached hydrogens (tertiary/aromatic N) is 3. The van der Waals surface area contributed by atoms with E-state index in [1.165, 1.54) is 27.5 Å². The van der Waals surface area contributed by atoms with Crippen molar-refractivity contribution >= 4 is 27.8 Å². The summed E-state index contributed by atoms with van der Waals surface area (Å²) in [5.41, 5.74) is 0.822. The van der Waals surface area contributed by atoms with E-state index in [0.29, 0.717) is 23.7 Å². The molecule has 1 aromatic heterocycles. The molecule has 0 bridgehead atoms. The van der Waals surface area contributed by atoms with E-state index in [1.54, 1.807) is 24.3 Å². The van der Waals surface area contributed by atoms with Gasteiger partial charge in [-0.05, 0) is 42.2 Å². The lowest BCUT2D eigenvalue weighted by molar-refractivity contribution is -0.129. The summed E-state index contributed by atoms with van der Waals surface area (Å²) in [5.74, 6) is 0.517. The average molecular weight is 625 g/mol. The molecule has 1 saturated heterocycles. The van der Waals surface area contributed by atoms with Crippen molar-refractivity contribution in [2.75, 3.05) is 31.3 Å². The number of aromatic nitrogens is 1. The van der Waals surface area contributed by atoms with Crippen LogP contribution < -0.4 is 19.7 Å². The third-order valence-corrected chi connectivity index (χ3v) is 9.53. The van der Waals surface area contributed by atoms with E-state index in [4.69, 9.17) is 14.2 Å². The summed E-state index contributed by atoms with van der Waals surface area (Å²) < 4.78 is 45.1. The van der Waals surface area contributed by atoms with Crippen molar-refractivity contribution in [1.82, 2.24) is 14.6 Å². The Morgan fingerprint density at radius 3 is 2.57 bits per heavy atom. The fourth-order valence-electron chi connectivity index (χ4n) is 5.00. The van der Waals surface area contributed by atoms with E-state index in [0.717, 1.165) is 5.56 Å². The molecule has 2 unspecified atom stereocenters. The number of aliphatic hydroxyl groups is 1. The molecule has 3 aromatic rings. The molecular formula is C31H36N4O8S. The lowest BCUT2D eigenvalue weighted by Crippen LogP contribution is -2.53. The van der Waals surface area contributed by atoms with Crippen LogP contribution in [0.5, 0.6) is 11.5 Å². The molecule has 3 heterocycles. The van der Waals surface area contributed by atoms with Gasteiger partial charge in [0, 0.05) is 25.4 Å². The molecule has 2 aliphatic heterocycles. The van der Waals surface area contributed by atoms with Crippen molar-refractivity contribution in [3.63, 3.8) is 0 Å². The number of benzene rings is 2. The second kappa shape index (κ2) is 13.6. The number of aliphatic hydroxyl groups excluding tert-OH is 1. The number of hydrogen-bond acceptors (Lipinski definition) is 9. The summed E-state index contributed by atoms with van der Waals surface area (Å²) in [4.78, 5) is 31.4. The van der Waals surface area contributed by atoms with Gasteiger partial charge in [0.1, 0.15) is 5.82 Å². The van der Waals surface area contributed by atoms with Gasteiger partial charge in [0.15, 0.2) is 17.6 Å². The Morgan fingerprint density at radius 1 is 1.09 bits per heavy atom. The first-order chi connectivity index (χ1) is 21.2. The Hall–Kier alpha value is -4.20. The minimum Gasteiger partial charge on any atom is -0.454 e. The first kappa shape index (κ1) is 31.2. The molecule has 2 amide bonds. The minimum absolute atomic E-state index is 0.00488. The highest BCUT2D eigenvalue weighted by atomic mass is 32.2. The summed E-state index contributed by atoms with van der Waals surface area (Å²) in [7, 11) is -4.08. The zero-order chi connectivity index (χ0) is 31.3. The molecule has 0 saturated carbocycles. The number of ether oxygens (including phenoxy) is 3. The fraction of sp³-hybridized carbons (Fsp3) is 0.387. The van der Waals surface area contributed by atoms with E-state index in [9.17, 15) is 23.1 Å². The number of rotatable bonds is 13. The second-order valence-electron chi connectivity index (χ2n) is 10.9. The van der Waals surface area contributed by atoms with Gasteiger partial charge < -0.3 is 24.6 Å². The van der Waals surface area contributed by atoms with Crippen LogP contribution in [0.3, 0.4) is 0 Å². The molecule has 0 aliphatic carbocycles. The van der Waals surface area contributed by atoms with E-state index in [2.05, 4.69) is 10.3 Å². The normalized spacial score (nSPS) is 18.1. The molecule has 2 aromatic carbocycles. The maximum absolute atomic E-state index is 13.9. The predicted octanol–water partition coefficient (Wildman–Crippen LogP) is 2.96. The van der Waals surface area contributed by atoms with E-state index in [1.807, 2.05) is 44.2 Å². The van der Waals surface area contributed by atoms with Crippen molar-refractivity contribution in [3.05, 3.63) is 78.5 Å². The van der Waals surface area contributed by atoms with Crippen LogP contribution in [0.15, 0.2) is 77.8 Å². The van der Waals surface area contributed by atoms with Gasteiger partial charge in [-0.25, -0.2) is 18.2 Å². The highest BCUT2D eigenvalue weighted by Gasteiger charge is 2.39. The lowest BCUT2D eigenvalue weighted by atomic mass is 10.0. The lowest BCUT2D eigenvalue weighted by Gasteiger charge is -2.31. The third kappa shape index (κ3) is 7.12. The highest BCUT2D eigenvalue weighted by Crippen LogP contribution is 2.35. The van der Waals surface area contributed by atoms with Crippen molar-refractivity contribution in [3.8, 4) is 11.5 Å². The van der Waals surface area contributed by atoms with E-state index in [-0.39, 0.29) is 43.7 Å². The number of fused-ring (bicyclic) bond motifs is 1. The molecule has 0 spiro atoms. The second-order valence-corrected chi connectivity index (χ2v) is 12.8. The summed E-state index contributed by atoms with van der Waals surface area (Å²) in [6.45, 7) is 3.69. The number of carbonyl (C=O) groups excluding carboxylic acids is 2. The summed E-state index contributed by atoms with van der Waals surface area (Å²) in [5, 5.41) is 14.4. The maximum Gasteiger partial charge on any atom is 0.416 e. The molecule has 4 atom stereocenters. The smallest absolute Gasteiger partial charge is 0.416 e. The molecule has 12 nitrogen and oxygen atoms in total. The monoisotopic (exact) mass is 624 g/mol. The zero-order valence-electron chi connectivity index (χ0n) is 24.5. The number of sulfonamides is 1. The average Bonchev–Trinajstić information content (AvgIpc) is 3.67. The van der Waals surface area contributed by atoms with Crippen LogP contribution >= 0.6 is 0 Å². The topological polar surface area (TPSA) is 148 Å². The SMILES string of the molecule is CC[C@H](C)CN(C[C@@H](O)C(Cc1ccccc1)NC(=O)C1CN(c2ccccn2)C(=O)O1)S(=O)(=O)c1ccc2c(c1)OCO2. The van der Waals surface area contributed by atoms with Crippen LogP contribution in [-0.2, 0) is 26.0 Å². The Balaban J connectivity index is 1.37. The van der Waals surface area contributed by atoms with Gasteiger partial charge in [-0.3, -0.25) is 9.69 Å². The van der Waals surface area contributed by atoms with Gasteiger partial charge in [0.2, 0.25) is 16.8 Å². The zero-order valence-corrected chi connectivity index (χ0v) is 25.4. The third-order valence-electron chi connectivity index (χ3n) is 7.71. The van der Waals surface area contributed by atoms with Crippen molar-refractivity contribution in [2.45, 2.75) is 49.8 Å². The first-order valence-corrected chi connectivity index (χ1v) is 15.9. The van der Waals surface area contributed by atoms with Crippen LogP contribution in [0.25, 0.3) is 0 Å². The van der Waals surface area contributed by atoms with Gasteiger partial charge in [-0.1, -0.05) is 56.7 Å². The van der Waals surface area contributed by atoms with Gasteiger partial charge in [-0.15, -0.1) is 0 Å². The molecule has 234 valence electrons. The predicted molar refractivity (Wildman–Crippen MR) is 161 cm³/mol. The van der Waals surface area contributed by atoms with Crippen LogP contribution in [0.4, 0.5) is 10.6 Å². The Bertz CT molecular complexity index is 1560. The first-order valence-electron chi connectivity index (χ1n) is 14.5. The molecule has 5 rings (SSSR count). The quantitative estimate of drug-likeness (QED) is 0.293. The Morgan fingerprint density at radius 2 is 1.84 bits per heavy atom. The van der Waals surface area contributed by atoms with E-state index < -0.39 is 40.3 Å². The molecule has 44 heavy (non-hydrogen) atoms. The summed E-state index contributed by atoms with van der Waals surface area (Å²) in [6, 6.07) is 17.8. The summed E-state index contributed by atoms with van der Waals surface area (Å²) >= 11 is 0. The molecule has 0 radical (unpaired) electrons. The maximum atomic E-state index is 13.9. The van der Waals surface area contributed by atoms with Crippen LogP contribution in [-0.4, -0.2) is 79.5 Å². The van der Waals surface area contributed by atoms with E-state index >= 15 is 0 Å². The largest absolute Gasteiger partial charge is 0.454 e. The number of cyclic esters (lactones) is 1. The number of anilines is 1. The number of carbonyl (C=O) groups is 2. The Labute approximate surface area is 256 Å². The van der Waals surface area contributed by atoms with Gasteiger partial charge in [0.05, 0.1) is 23.6 Å². The standard InChI is InChI=1S/C31H36N4O8S/c1-3-21(2)17-34(44(39,40)23-12-13-26-27(16-23)42-20-41-26)18-25(36)24(15-22-9-5-4-6-10-22)33-30(37)28-19-35(31(38)43-28)29-11-7-8-14-32-29/h4-14,16,21,24-25,28,36H,3,15,17-20H2,1-2H3,(H,33,37)/t21-,24?,25+,28?/m0/s1. The minimum atomic E-state index is -4.08. The van der Waals surface area contributed by atoms with Crippen LogP contribution in [0.2, 0.25) is 0 Å². The van der Waals surface area contributed by atoms with Crippen LogP contribution in [0.1, 0.15) is 25.8 Å². The number of nitrogens with one attached hydrogen (secondary N) is 1. The van der Waals surface area contributed by atoms with Gasteiger partial charge >= 0.3 is 6.09 Å². The summed E-state index contributed by atoms with van der Waals surface area (Å²) in [6.07, 6.45) is -0.712. The molecule has 2 N–H and O–H groups in total.